The third kappa shape index (κ3) is 9.08. The average Bonchev–Trinajstić information content (AvgIpc) is 2.93. The fourth-order valence-corrected chi connectivity index (χ4v) is 8.05. The molecule has 0 radical (unpaired) electrons. The summed E-state index contributed by atoms with van der Waals surface area (Å²) in [7, 11) is 0. The van der Waals surface area contributed by atoms with Gasteiger partial charge in [-0.3, -0.25) is 4.79 Å². The zero-order valence-corrected chi connectivity index (χ0v) is 25.4. The maximum atomic E-state index is 12.0. The van der Waals surface area contributed by atoms with Crippen molar-refractivity contribution < 1.29 is 9.90 Å². The molecule has 2 aliphatic carbocycles. The lowest BCUT2D eigenvalue weighted by molar-refractivity contribution is -0.141. The number of thioether (sulfide) groups is 1. The third-order valence-electron chi connectivity index (χ3n) is 9.58. The molecule has 6 heteroatoms. The van der Waals surface area contributed by atoms with Gasteiger partial charge in [-0.05, 0) is 79.6 Å². The first-order chi connectivity index (χ1) is 18.9. The van der Waals surface area contributed by atoms with Crippen molar-refractivity contribution in [2.45, 2.75) is 115 Å². The quantitative estimate of drug-likeness (QED) is 0.239. The van der Waals surface area contributed by atoms with Crippen molar-refractivity contribution in [3.63, 3.8) is 0 Å². The van der Waals surface area contributed by atoms with Crippen LogP contribution in [0.5, 0.6) is 0 Å². The molecule has 39 heavy (non-hydrogen) atoms. The second-order valence-electron chi connectivity index (χ2n) is 12.8. The number of carbonyl (C=O) groups is 1. The van der Waals surface area contributed by atoms with E-state index in [0.29, 0.717) is 6.42 Å². The molecular weight excluding hydrogens is 502 g/mol. The number of aryl methyl sites for hydroxylation is 1. The summed E-state index contributed by atoms with van der Waals surface area (Å²) >= 11 is 1.70. The number of nitrogens with one attached hydrogen (secondary N) is 1. The van der Waals surface area contributed by atoms with Gasteiger partial charge in [0.25, 0.3) is 0 Å². The highest BCUT2D eigenvalue weighted by molar-refractivity contribution is 7.98. The van der Waals surface area contributed by atoms with Crippen molar-refractivity contribution in [2.75, 3.05) is 25.1 Å². The van der Waals surface area contributed by atoms with Gasteiger partial charge in [-0.2, -0.15) is 11.8 Å². The maximum Gasteiger partial charge on any atom is 0.322 e. The lowest BCUT2D eigenvalue weighted by atomic mass is 9.70. The van der Waals surface area contributed by atoms with Crippen LogP contribution in [0.3, 0.4) is 0 Å². The van der Waals surface area contributed by atoms with Crippen LogP contribution in [0, 0.1) is 18.8 Å². The number of nitrogens with two attached hydrogens (primary N) is 1. The molecule has 0 amide bonds. The molecule has 2 fully saturated rings. The second kappa shape index (κ2) is 15.0. The van der Waals surface area contributed by atoms with E-state index in [1.54, 1.807) is 11.8 Å². The van der Waals surface area contributed by atoms with Gasteiger partial charge in [-0.15, -0.1) is 0 Å². The normalized spacial score (nSPS) is 21.3. The minimum Gasteiger partial charge on any atom is -0.480 e. The van der Waals surface area contributed by atoms with Gasteiger partial charge in [-0.1, -0.05) is 94.0 Å². The molecular formula is C33H53N3O2S. The fraction of sp³-hybridized carbons (Fsp3) is 0.727. The van der Waals surface area contributed by atoms with E-state index in [1.807, 2.05) is 6.26 Å². The molecule has 0 aromatic heterocycles. The van der Waals surface area contributed by atoms with Gasteiger partial charge in [0.05, 0.1) is 0 Å². The van der Waals surface area contributed by atoms with Crippen molar-refractivity contribution in [1.82, 2.24) is 10.4 Å². The Morgan fingerprint density at radius 1 is 1.08 bits per heavy atom. The maximum absolute atomic E-state index is 12.0. The third-order valence-corrected chi connectivity index (χ3v) is 10.2. The first kappa shape index (κ1) is 30.6. The zero-order chi connectivity index (χ0) is 27.7. The van der Waals surface area contributed by atoms with Gasteiger partial charge in [0, 0.05) is 18.6 Å². The van der Waals surface area contributed by atoms with Crippen LogP contribution in [-0.2, 0) is 4.79 Å². The van der Waals surface area contributed by atoms with Gasteiger partial charge < -0.3 is 10.8 Å². The van der Waals surface area contributed by atoms with Gasteiger partial charge in [0.1, 0.15) is 6.04 Å². The smallest absolute Gasteiger partial charge is 0.322 e. The van der Waals surface area contributed by atoms with Gasteiger partial charge >= 0.3 is 5.97 Å². The van der Waals surface area contributed by atoms with Crippen molar-refractivity contribution in [1.29, 1.82) is 0 Å². The zero-order valence-electron chi connectivity index (χ0n) is 24.6. The van der Waals surface area contributed by atoms with Gasteiger partial charge in [0.15, 0.2) is 0 Å². The van der Waals surface area contributed by atoms with E-state index in [-0.39, 0.29) is 5.54 Å². The van der Waals surface area contributed by atoms with E-state index in [0.717, 1.165) is 56.4 Å². The largest absolute Gasteiger partial charge is 0.480 e. The summed E-state index contributed by atoms with van der Waals surface area (Å²) < 4.78 is 0. The molecule has 0 saturated heterocycles. The number of hydrazine groups is 1. The standard InChI is InChI=1S/C33H53N3O2S/c1-25-11-9-10-16-29(25)30-24-36(35-31(32(37)38)18-20-39-2)19-17-28(30)23-33(34,21-26-12-5-3-6-13-26)22-27-14-7-4-8-15-27/h9-11,16,26-27,31,35H,3-8,12-15,17-24,34H2,1-2H3,(H,37,38)/t31-/m0/s1. The molecule has 4 rings (SSSR count). The minimum atomic E-state index is -0.766. The second-order valence-corrected chi connectivity index (χ2v) is 13.8. The number of nitrogens with zero attached hydrogens (tertiary/aromatic N) is 1. The summed E-state index contributed by atoms with van der Waals surface area (Å²) in [5.41, 5.74) is 16.2. The molecule has 1 atom stereocenters. The van der Waals surface area contributed by atoms with E-state index >= 15 is 0 Å². The van der Waals surface area contributed by atoms with Gasteiger partial charge in [-0.25, -0.2) is 10.4 Å². The molecule has 3 aliphatic rings. The molecule has 4 N–H and O–H groups in total. The molecule has 0 spiro atoms. The lowest BCUT2D eigenvalue weighted by Crippen LogP contribution is -2.51. The Morgan fingerprint density at radius 2 is 1.69 bits per heavy atom. The van der Waals surface area contributed by atoms with Crippen LogP contribution in [0.25, 0.3) is 5.57 Å². The molecule has 2 saturated carbocycles. The fourth-order valence-electron chi connectivity index (χ4n) is 7.58. The number of carboxylic acids is 1. The van der Waals surface area contributed by atoms with E-state index in [2.05, 4.69) is 41.6 Å². The summed E-state index contributed by atoms with van der Waals surface area (Å²) in [6, 6.07) is 8.14. The van der Waals surface area contributed by atoms with Crippen LogP contribution < -0.4 is 11.2 Å². The summed E-state index contributed by atoms with van der Waals surface area (Å²) in [6.07, 6.45) is 20.5. The monoisotopic (exact) mass is 555 g/mol. The summed E-state index contributed by atoms with van der Waals surface area (Å²) in [4.78, 5) is 12.0. The van der Waals surface area contributed by atoms with Crippen molar-refractivity contribution in [3.05, 3.63) is 41.0 Å². The highest BCUT2D eigenvalue weighted by Gasteiger charge is 2.36. The van der Waals surface area contributed by atoms with E-state index in [1.165, 1.54) is 86.5 Å². The summed E-state index contributed by atoms with van der Waals surface area (Å²) in [5.74, 6) is 1.60. The Bertz CT molecular complexity index is 932. The van der Waals surface area contributed by atoms with Crippen LogP contribution in [0.1, 0.15) is 107 Å². The van der Waals surface area contributed by atoms with Crippen LogP contribution in [0.4, 0.5) is 0 Å². The van der Waals surface area contributed by atoms with Crippen LogP contribution >= 0.6 is 11.8 Å². The minimum absolute atomic E-state index is 0.148. The topological polar surface area (TPSA) is 78.6 Å². The summed E-state index contributed by atoms with van der Waals surface area (Å²) in [5, 5.41) is 12.0. The number of rotatable bonds is 13. The SMILES string of the molecule is CSCC[C@H](NN1CCC(CC(N)(CC2CCCCC2)CC2CCCCC2)=C(c2ccccc2C)C1)C(=O)O. The Morgan fingerprint density at radius 3 is 2.26 bits per heavy atom. The van der Waals surface area contributed by atoms with Crippen LogP contribution in [-0.4, -0.2) is 52.8 Å². The predicted octanol–water partition coefficient (Wildman–Crippen LogP) is 7.19. The number of hydrogen-bond donors (Lipinski definition) is 3. The van der Waals surface area contributed by atoms with E-state index in [4.69, 9.17) is 5.73 Å². The average molecular weight is 556 g/mol. The Kier molecular flexibility index (Phi) is 11.8. The Hall–Kier alpha value is -1.34. The van der Waals surface area contributed by atoms with Crippen molar-refractivity contribution >= 4 is 23.3 Å². The Balaban J connectivity index is 1.60. The van der Waals surface area contributed by atoms with Crippen LogP contribution in [0.2, 0.25) is 0 Å². The molecule has 1 heterocycles. The molecule has 0 bridgehead atoms. The first-order valence-corrected chi connectivity index (χ1v) is 17.0. The summed E-state index contributed by atoms with van der Waals surface area (Å²) in [6.45, 7) is 3.76. The highest BCUT2D eigenvalue weighted by atomic mass is 32.2. The number of aliphatic carboxylic acids is 1. The van der Waals surface area contributed by atoms with Crippen LogP contribution in [0.15, 0.2) is 29.8 Å². The molecule has 1 aromatic rings. The molecule has 5 nitrogen and oxygen atoms in total. The van der Waals surface area contributed by atoms with Crippen molar-refractivity contribution in [2.24, 2.45) is 17.6 Å². The molecule has 0 unspecified atom stereocenters. The predicted molar refractivity (Wildman–Crippen MR) is 166 cm³/mol. The number of benzene rings is 1. The van der Waals surface area contributed by atoms with E-state index in [9.17, 15) is 9.90 Å². The molecule has 218 valence electrons. The van der Waals surface area contributed by atoms with Crippen molar-refractivity contribution in [3.8, 4) is 0 Å². The number of hydrogen-bond acceptors (Lipinski definition) is 5. The Labute approximate surface area is 241 Å². The molecule has 1 aliphatic heterocycles. The first-order valence-electron chi connectivity index (χ1n) is 15.7. The lowest BCUT2D eigenvalue weighted by Gasteiger charge is -2.41. The molecule has 1 aromatic carbocycles. The highest BCUT2D eigenvalue weighted by Crippen LogP contribution is 2.41. The van der Waals surface area contributed by atoms with Gasteiger partial charge in [0.2, 0.25) is 0 Å². The number of carboxylic acid groups (broad SMARTS) is 1. The van der Waals surface area contributed by atoms with E-state index < -0.39 is 12.0 Å².